The standard InChI is InChI=1S/C6H13N.C5H10O3.2CH4/c1-2-7-5-3-4-6-7;1-4(2)8-5(6)7-3;;/h2-6H2,1H3;4H,1-3H3;2*1H4. The van der Waals surface area contributed by atoms with Gasteiger partial charge < -0.3 is 14.4 Å². The Morgan fingerprint density at radius 1 is 1.24 bits per heavy atom. The largest absolute Gasteiger partial charge is 0.508 e. The van der Waals surface area contributed by atoms with Gasteiger partial charge in [0.1, 0.15) is 0 Å². The van der Waals surface area contributed by atoms with Crippen LogP contribution in [0.5, 0.6) is 0 Å². The zero-order chi connectivity index (χ0) is 11.7. The zero-order valence-electron chi connectivity index (χ0n) is 10.3. The minimum absolute atomic E-state index is 0. The number of carbonyl (C=O) groups is 1. The molecule has 0 radical (unpaired) electrons. The van der Waals surface area contributed by atoms with Crippen LogP contribution in [0.2, 0.25) is 0 Å². The predicted molar refractivity (Wildman–Crippen MR) is 73.4 cm³/mol. The highest BCUT2D eigenvalue weighted by Crippen LogP contribution is 2.04. The van der Waals surface area contributed by atoms with Gasteiger partial charge in [0, 0.05) is 0 Å². The van der Waals surface area contributed by atoms with E-state index in [1.54, 1.807) is 13.8 Å². The molecule has 0 amide bonds. The topological polar surface area (TPSA) is 38.8 Å². The van der Waals surface area contributed by atoms with E-state index in [1.165, 1.54) is 39.6 Å². The lowest BCUT2D eigenvalue weighted by Crippen LogP contribution is -2.17. The SMILES string of the molecule is C.C.CCN1CCCC1.COC(=O)OC(C)C. The molecule has 0 aliphatic carbocycles. The second kappa shape index (κ2) is 13.3. The van der Waals surface area contributed by atoms with E-state index in [9.17, 15) is 4.79 Å². The van der Waals surface area contributed by atoms with E-state index < -0.39 is 6.16 Å². The van der Waals surface area contributed by atoms with Crippen LogP contribution in [-0.2, 0) is 9.47 Å². The van der Waals surface area contributed by atoms with Gasteiger partial charge in [-0.05, 0) is 46.3 Å². The van der Waals surface area contributed by atoms with Crippen molar-refractivity contribution in [2.45, 2.75) is 54.6 Å². The zero-order valence-corrected chi connectivity index (χ0v) is 10.3. The van der Waals surface area contributed by atoms with Crippen molar-refractivity contribution in [3.05, 3.63) is 0 Å². The molecular formula is C13H31NO3. The quantitative estimate of drug-likeness (QED) is 0.702. The second-order valence-corrected chi connectivity index (χ2v) is 3.76. The number of ether oxygens (including phenoxy) is 2. The highest BCUT2D eigenvalue weighted by atomic mass is 16.7. The Labute approximate surface area is 107 Å². The first-order valence-corrected chi connectivity index (χ1v) is 5.57. The smallest absolute Gasteiger partial charge is 0.438 e. The number of hydrogen-bond donors (Lipinski definition) is 0. The van der Waals surface area contributed by atoms with Crippen molar-refractivity contribution in [3.8, 4) is 0 Å². The molecule has 0 atom stereocenters. The van der Waals surface area contributed by atoms with Crippen molar-refractivity contribution in [2.75, 3.05) is 26.7 Å². The highest BCUT2D eigenvalue weighted by molar-refractivity contribution is 5.59. The fourth-order valence-electron chi connectivity index (χ4n) is 1.34. The third-order valence-electron chi connectivity index (χ3n) is 2.14. The summed E-state index contributed by atoms with van der Waals surface area (Å²) in [6.07, 6.45) is 2.13. The maximum atomic E-state index is 10.2. The maximum Gasteiger partial charge on any atom is 0.508 e. The first kappa shape index (κ1) is 21.5. The highest BCUT2D eigenvalue weighted by Gasteiger charge is 2.06. The minimum atomic E-state index is -0.625. The Hall–Kier alpha value is -0.770. The van der Waals surface area contributed by atoms with Crippen LogP contribution in [0.3, 0.4) is 0 Å². The summed E-state index contributed by atoms with van der Waals surface area (Å²) < 4.78 is 8.74. The Morgan fingerprint density at radius 2 is 1.71 bits per heavy atom. The van der Waals surface area contributed by atoms with Gasteiger partial charge in [-0.15, -0.1) is 0 Å². The van der Waals surface area contributed by atoms with Gasteiger partial charge in [0.25, 0.3) is 0 Å². The van der Waals surface area contributed by atoms with Gasteiger partial charge in [0.15, 0.2) is 0 Å². The van der Waals surface area contributed by atoms with Gasteiger partial charge in [-0.2, -0.15) is 0 Å². The van der Waals surface area contributed by atoms with Crippen molar-refractivity contribution in [1.29, 1.82) is 0 Å². The van der Waals surface area contributed by atoms with Gasteiger partial charge >= 0.3 is 6.16 Å². The van der Waals surface area contributed by atoms with E-state index in [4.69, 9.17) is 0 Å². The fraction of sp³-hybridized carbons (Fsp3) is 0.923. The molecule has 106 valence electrons. The Kier molecular flexibility index (Phi) is 16.8. The lowest BCUT2D eigenvalue weighted by molar-refractivity contribution is 0.0496. The molecule has 17 heavy (non-hydrogen) atoms. The Bertz CT molecular complexity index is 166. The van der Waals surface area contributed by atoms with E-state index in [-0.39, 0.29) is 21.0 Å². The third kappa shape index (κ3) is 13.2. The summed E-state index contributed by atoms with van der Waals surface area (Å²) in [6.45, 7) is 9.69. The van der Waals surface area contributed by atoms with Gasteiger partial charge in [-0.25, -0.2) is 4.79 Å². The Morgan fingerprint density at radius 3 is 1.88 bits per heavy atom. The molecule has 1 fully saturated rings. The number of likely N-dealkylation sites (tertiary alicyclic amines) is 1. The molecule has 1 saturated heterocycles. The molecule has 4 heteroatoms. The van der Waals surface area contributed by atoms with Crippen LogP contribution in [-0.4, -0.2) is 43.9 Å². The molecule has 4 nitrogen and oxygen atoms in total. The molecule has 1 aliphatic heterocycles. The van der Waals surface area contributed by atoms with E-state index in [0.717, 1.165) is 0 Å². The fourth-order valence-corrected chi connectivity index (χ4v) is 1.34. The van der Waals surface area contributed by atoms with Crippen molar-refractivity contribution in [1.82, 2.24) is 4.90 Å². The van der Waals surface area contributed by atoms with Gasteiger partial charge in [-0.3, -0.25) is 0 Å². The summed E-state index contributed by atoms with van der Waals surface area (Å²) in [5, 5.41) is 0. The van der Waals surface area contributed by atoms with Gasteiger partial charge in [-0.1, -0.05) is 21.8 Å². The monoisotopic (exact) mass is 249 g/mol. The van der Waals surface area contributed by atoms with Crippen molar-refractivity contribution in [2.24, 2.45) is 0 Å². The predicted octanol–water partition coefficient (Wildman–Crippen LogP) is 3.55. The second-order valence-electron chi connectivity index (χ2n) is 3.76. The van der Waals surface area contributed by atoms with Crippen molar-refractivity contribution in [3.63, 3.8) is 0 Å². The molecule has 0 saturated carbocycles. The van der Waals surface area contributed by atoms with Crippen LogP contribution >= 0.6 is 0 Å². The molecule has 1 aliphatic rings. The van der Waals surface area contributed by atoms with Crippen LogP contribution < -0.4 is 0 Å². The van der Waals surface area contributed by atoms with E-state index >= 15 is 0 Å². The summed E-state index contributed by atoms with van der Waals surface area (Å²) in [6, 6.07) is 0. The lowest BCUT2D eigenvalue weighted by Gasteiger charge is -2.08. The number of methoxy groups -OCH3 is 1. The molecule has 0 aromatic heterocycles. The summed E-state index contributed by atoms with van der Waals surface area (Å²) in [7, 11) is 1.28. The Balaban J connectivity index is -0.000000207. The summed E-state index contributed by atoms with van der Waals surface area (Å²) in [4.78, 5) is 12.7. The molecule has 0 aromatic rings. The molecule has 0 N–H and O–H groups in total. The third-order valence-corrected chi connectivity index (χ3v) is 2.14. The molecule has 0 aromatic carbocycles. The van der Waals surface area contributed by atoms with Crippen LogP contribution in [0.15, 0.2) is 0 Å². The van der Waals surface area contributed by atoms with Gasteiger partial charge in [0.05, 0.1) is 13.2 Å². The number of nitrogens with zero attached hydrogens (tertiary/aromatic N) is 1. The number of rotatable bonds is 2. The van der Waals surface area contributed by atoms with Crippen LogP contribution in [0, 0.1) is 0 Å². The first-order chi connectivity index (χ1) is 7.10. The average Bonchev–Trinajstić information content (AvgIpc) is 2.70. The van der Waals surface area contributed by atoms with Crippen molar-refractivity contribution >= 4 is 6.16 Å². The van der Waals surface area contributed by atoms with Crippen molar-refractivity contribution < 1.29 is 14.3 Å². The normalized spacial score (nSPS) is 13.9. The van der Waals surface area contributed by atoms with E-state index in [1.807, 2.05) is 0 Å². The number of hydrogen-bond acceptors (Lipinski definition) is 4. The minimum Gasteiger partial charge on any atom is -0.438 e. The molecule has 0 spiro atoms. The number of carbonyl (C=O) groups excluding carboxylic acids is 1. The van der Waals surface area contributed by atoms with E-state index in [0.29, 0.717) is 0 Å². The maximum absolute atomic E-state index is 10.2. The van der Waals surface area contributed by atoms with Crippen LogP contribution in [0.4, 0.5) is 4.79 Å². The van der Waals surface area contributed by atoms with Crippen LogP contribution in [0.25, 0.3) is 0 Å². The summed E-state index contributed by atoms with van der Waals surface area (Å²) >= 11 is 0. The summed E-state index contributed by atoms with van der Waals surface area (Å²) in [5.74, 6) is 0. The average molecular weight is 249 g/mol. The lowest BCUT2D eigenvalue weighted by atomic mass is 10.4. The summed E-state index contributed by atoms with van der Waals surface area (Å²) in [5.41, 5.74) is 0. The molecular weight excluding hydrogens is 218 g/mol. The molecule has 0 unspecified atom stereocenters. The van der Waals surface area contributed by atoms with Gasteiger partial charge in [0.2, 0.25) is 0 Å². The van der Waals surface area contributed by atoms with E-state index in [2.05, 4.69) is 21.3 Å². The van der Waals surface area contributed by atoms with Crippen LogP contribution in [0.1, 0.15) is 48.5 Å². The molecule has 1 rings (SSSR count). The molecule has 0 bridgehead atoms. The first-order valence-electron chi connectivity index (χ1n) is 5.57. The molecule has 1 heterocycles.